The van der Waals surface area contributed by atoms with Crippen molar-refractivity contribution >= 4 is 17.4 Å². The number of aromatic nitrogens is 2. The smallest absolute Gasteiger partial charge is 0.320 e. The number of hydrogen-bond donors (Lipinski definition) is 1. The van der Waals surface area contributed by atoms with Crippen molar-refractivity contribution in [1.82, 2.24) is 9.78 Å². The quantitative estimate of drug-likeness (QED) is 0.341. The molecule has 0 atom stereocenters. The number of thioether (sulfide) groups is 1. The molecule has 1 rings (SSSR count). The van der Waals surface area contributed by atoms with Crippen LogP contribution in [0.5, 0.6) is 0 Å². The molecule has 1 N–H and O–H groups in total. The minimum Gasteiger partial charge on any atom is -0.396 e. The minimum atomic E-state index is -0.450. The molecule has 6 nitrogen and oxygen atoms in total. The van der Waals surface area contributed by atoms with Gasteiger partial charge in [-0.3, -0.25) is 14.8 Å². The number of nitro groups is 1. The van der Waals surface area contributed by atoms with Crippen LogP contribution in [0.15, 0.2) is 11.2 Å². The van der Waals surface area contributed by atoms with Crippen LogP contribution in [-0.4, -0.2) is 32.2 Å². The molecule has 0 radical (unpaired) electrons. The Bertz CT molecular complexity index is 326. The molecule has 0 unspecified atom stereocenters. The van der Waals surface area contributed by atoms with Gasteiger partial charge in [0, 0.05) is 19.4 Å². The molecule has 1 aromatic rings. The Morgan fingerprint density at radius 1 is 1.79 bits per heavy atom. The molecule has 14 heavy (non-hydrogen) atoms. The fourth-order valence-electron chi connectivity index (χ4n) is 0.917. The SMILES string of the molecule is Cn1cc([N+](=O)[O-])c(SCCCO)n1. The fourth-order valence-corrected chi connectivity index (χ4v) is 1.85. The minimum absolute atomic E-state index is 0.0236. The van der Waals surface area contributed by atoms with Crippen LogP contribution in [0.2, 0.25) is 0 Å². The summed E-state index contributed by atoms with van der Waals surface area (Å²) in [6, 6.07) is 0. The highest BCUT2D eigenvalue weighted by molar-refractivity contribution is 7.99. The summed E-state index contributed by atoms with van der Waals surface area (Å²) in [7, 11) is 1.64. The number of nitrogens with zero attached hydrogens (tertiary/aromatic N) is 3. The van der Waals surface area contributed by atoms with Crippen LogP contribution in [0.1, 0.15) is 6.42 Å². The van der Waals surface area contributed by atoms with E-state index in [2.05, 4.69) is 5.10 Å². The van der Waals surface area contributed by atoms with E-state index in [1.54, 1.807) is 7.05 Å². The van der Waals surface area contributed by atoms with Crippen molar-refractivity contribution < 1.29 is 10.0 Å². The van der Waals surface area contributed by atoms with Gasteiger partial charge in [0.25, 0.3) is 0 Å². The maximum atomic E-state index is 10.6. The van der Waals surface area contributed by atoms with Crippen molar-refractivity contribution in [3.63, 3.8) is 0 Å². The lowest BCUT2D eigenvalue weighted by Gasteiger charge is -1.94. The summed E-state index contributed by atoms with van der Waals surface area (Å²) < 4.78 is 1.42. The monoisotopic (exact) mass is 217 g/mol. The maximum absolute atomic E-state index is 10.6. The second kappa shape index (κ2) is 4.97. The number of aliphatic hydroxyl groups is 1. The van der Waals surface area contributed by atoms with Gasteiger partial charge in [0.15, 0.2) is 5.03 Å². The molecule has 0 saturated carbocycles. The first-order chi connectivity index (χ1) is 6.65. The Kier molecular flexibility index (Phi) is 3.90. The van der Waals surface area contributed by atoms with Gasteiger partial charge >= 0.3 is 5.69 Å². The van der Waals surface area contributed by atoms with Crippen LogP contribution >= 0.6 is 11.8 Å². The fraction of sp³-hybridized carbons (Fsp3) is 0.571. The molecule has 0 fully saturated rings. The van der Waals surface area contributed by atoms with Crippen LogP contribution in [0.25, 0.3) is 0 Å². The van der Waals surface area contributed by atoms with Crippen LogP contribution in [0.3, 0.4) is 0 Å². The normalized spacial score (nSPS) is 10.4. The topological polar surface area (TPSA) is 81.2 Å². The number of rotatable bonds is 5. The standard InChI is InChI=1S/C7H11N3O3S/c1-9-5-6(10(12)13)7(8-9)14-4-2-3-11/h5,11H,2-4H2,1H3. The molecule has 7 heteroatoms. The van der Waals surface area contributed by atoms with Crippen molar-refractivity contribution in [2.45, 2.75) is 11.4 Å². The van der Waals surface area contributed by atoms with E-state index in [1.165, 1.54) is 22.6 Å². The number of aliphatic hydroxyl groups excluding tert-OH is 1. The van der Waals surface area contributed by atoms with Gasteiger partial charge in [-0.15, -0.1) is 0 Å². The molecule has 0 bridgehead atoms. The highest BCUT2D eigenvalue weighted by Gasteiger charge is 2.18. The summed E-state index contributed by atoms with van der Waals surface area (Å²) in [6.45, 7) is 0.0909. The Morgan fingerprint density at radius 3 is 3.07 bits per heavy atom. The predicted molar refractivity (Wildman–Crippen MR) is 52.3 cm³/mol. The van der Waals surface area contributed by atoms with Gasteiger partial charge in [-0.25, -0.2) is 0 Å². The Balaban J connectivity index is 2.69. The summed E-state index contributed by atoms with van der Waals surface area (Å²) in [5.41, 5.74) is 0.0236. The molecule has 0 amide bonds. The van der Waals surface area contributed by atoms with Crippen molar-refractivity contribution in [3.05, 3.63) is 16.3 Å². The summed E-state index contributed by atoms with van der Waals surface area (Å²) >= 11 is 1.29. The van der Waals surface area contributed by atoms with Gasteiger partial charge in [-0.2, -0.15) is 5.10 Å². The zero-order valence-electron chi connectivity index (χ0n) is 7.71. The Morgan fingerprint density at radius 2 is 2.50 bits per heavy atom. The van der Waals surface area contributed by atoms with E-state index in [-0.39, 0.29) is 12.3 Å². The predicted octanol–water partition coefficient (Wildman–Crippen LogP) is 0.803. The third-order valence-electron chi connectivity index (χ3n) is 1.51. The van der Waals surface area contributed by atoms with E-state index in [0.717, 1.165) is 0 Å². The Labute approximate surface area is 85.1 Å². The first kappa shape index (κ1) is 11.0. The van der Waals surface area contributed by atoms with Crippen molar-refractivity contribution in [2.24, 2.45) is 7.05 Å². The first-order valence-electron chi connectivity index (χ1n) is 4.07. The second-order valence-electron chi connectivity index (χ2n) is 2.68. The average Bonchev–Trinajstić information content (AvgIpc) is 2.47. The summed E-state index contributed by atoms with van der Waals surface area (Å²) in [5.74, 6) is 0.633. The zero-order valence-corrected chi connectivity index (χ0v) is 8.53. The van der Waals surface area contributed by atoms with Gasteiger partial charge < -0.3 is 5.11 Å². The molecule has 1 heterocycles. The lowest BCUT2D eigenvalue weighted by atomic mass is 10.5. The third-order valence-corrected chi connectivity index (χ3v) is 2.57. The van der Waals surface area contributed by atoms with Gasteiger partial charge in [-0.1, -0.05) is 11.8 Å². The maximum Gasteiger partial charge on any atom is 0.320 e. The largest absolute Gasteiger partial charge is 0.396 e. The molecule has 1 aromatic heterocycles. The lowest BCUT2D eigenvalue weighted by molar-refractivity contribution is -0.387. The third kappa shape index (κ3) is 2.71. The van der Waals surface area contributed by atoms with E-state index in [4.69, 9.17) is 5.11 Å². The highest BCUT2D eigenvalue weighted by atomic mass is 32.2. The van der Waals surface area contributed by atoms with Crippen LogP contribution in [0, 0.1) is 10.1 Å². The summed E-state index contributed by atoms with van der Waals surface area (Å²) in [5, 5.41) is 23.5. The van der Waals surface area contributed by atoms with Crippen LogP contribution in [-0.2, 0) is 7.05 Å². The van der Waals surface area contributed by atoms with Crippen molar-refractivity contribution in [3.8, 4) is 0 Å². The van der Waals surface area contributed by atoms with Crippen molar-refractivity contribution in [1.29, 1.82) is 0 Å². The number of aryl methyl sites for hydroxylation is 1. The van der Waals surface area contributed by atoms with E-state index >= 15 is 0 Å². The van der Waals surface area contributed by atoms with E-state index < -0.39 is 4.92 Å². The van der Waals surface area contributed by atoms with E-state index in [9.17, 15) is 10.1 Å². The highest BCUT2D eigenvalue weighted by Crippen LogP contribution is 2.27. The van der Waals surface area contributed by atoms with Gasteiger partial charge in [0.1, 0.15) is 6.20 Å². The van der Waals surface area contributed by atoms with E-state index in [0.29, 0.717) is 17.2 Å². The zero-order chi connectivity index (χ0) is 10.6. The van der Waals surface area contributed by atoms with Gasteiger partial charge in [0.2, 0.25) is 0 Å². The molecule has 0 aromatic carbocycles. The van der Waals surface area contributed by atoms with Crippen molar-refractivity contribution in [2.75, 3.05) is 12.4 Å². The van der Waals surface area contributed by atoms with Crippen LogP contribution < -0.4 is 0 Å². The molecular formula is C7H11N3O3S. The Hall–Kier alpha value is -1.08. The second-order valence-corrected chi connectivity index (χ2v) is 3.76. The summed E-state index contributed by atoms with van der Waals surface area (Å²) in [4.78, 5) is 10.1. The summed E-state index contributed by atoms with van der Waals surface area (Å²) in [6.07, 6.45) is 1.99. The molecule has 78 valence electrons. The number of hydrogen-bond acceptors (Lipinski definition) is 5. The molecule has 0 saturated heterocycles. The molecule has 0 aliphatic rings. The molecule has 0 aliphatic carbocycles. The van der Waals surface area contributed by atoms with Crippen LogP contribution in [0.4, 0.5) is 5.69 Å². The lowest BCUT2D eigenvalue weighted by Crippen LogP contribution is -1.90. The molecule has 0 aliphatic heterocycles. The molecule has 0 spiro atoms. The van der Waals surface area contributed by atoms with E-state index in [1.807, 2.05) is 0 Å². The van der Waals surface area contributed by atoms with Gasteiger partial charge in [-0.05, 0) is 6.42 Å². The van der Waals surface area contributed by atoms with Gasteiger partial charge in [0.05, 0.1) is 4.92 Å². The average molecular weight is 217 g/mol. The first-order valence-corrected chi connectivity index (χ1v) is 5.05. The molecular weight excluding hydrogens is 206 g/mol.